The number of piperidine rings is 1. The molecule has 3 N–H and O–H groups in total. The van der Waals surface area contributed by atoms with Crippen LogP contribution in [0, 0.1) is 0 Å². The average Bonchev–Trinajstić information content (AvgIpc) is 2.70. The third-order valence-electron chi connectivity index (χ3n) is 4.57. The molecular weight excluding hydrogens is 401 g/mol. The molecule has 6 nitrogen and oxygen atoms in total. The number of hydrogen-bond acceptors (Lipinski definition) is 4. The van der Waals surface area contributed by atoms with E-state index in [0.717, 1.165) is 32.4 Å². The van der Waals surface area contributed by atoms with Gasteiger partial charge in [-0.2, -0.15) is 0 Å². The van der Waals surface area contributed by atoms with Crippen molar-refractivity contribution in [3.05, 3.63) is 52.5 Å². The quantitative estimate of drug-likeness (QED) is 0.720. The summed E-state index contributed by atoms with van der Waals surface area (Å²) in [6.45, 7) is 1.55. The molecule has 0 radical (unpaired) electrons. The van der Waals surface area contributed by atoms with Crippen molar-refractivity contribution in [1.82, 2.24) is 4.90 Å². The summed E-state index contributed by atoms with van der Waals surface area (Å²) in [5.41, 5.74) is 7.44. The van der Waals surface area contributed by atoms with Gasteiger partial charge in [0, 0.05) is 30.4 Å². The highest BCUT2D eigenvalue weighted by Crippen LogP contribution is 2.29. The SMILES string of the molecule is COc1cc(N)c(Cl)cc1C(=O)Nc1cccc(C(=O)N2CCCCC2)c1.Cl. The summed E-state index contributed by atoms with van der Waals surface area (Å²) in [6, 6.07) is 9.89. The van der Waals surface area contributed by atoms with Gasteiger partial charge in [0.25, 0.3) is 11.8 Å². The van der Waals surface area contributed by atoms with Crippen LogP contribution in [0.2, 0.25) is 5.02 Å². The number of rotatable bonds is 4. The number of nitrogens with two attached hydrogens (primary N) is 1. The van der Waals surface area contributed by atoms with Gasteiger partial charge in [-0.05, 0) is 43.5 Å². The van der Waals surface area contributed by atoms with Gasteiger partial charge in [0.1, 0.15) is 5.75 Å². The van der Waals surface area contributed by atoms with E-state index in [1.54, 1.807) is 24.3 Å². The van der Waals surface area contributed by atoms with E-state index < -0.39 is 5.91 Å². The molecular formula is C20H23Cl2N3O3. The molecule has 0 unspecified atom stereocenters. The lowest BCUT2D eigenvalue weighted by Gasteiger charge is -2.26. The summed E-state index contributed by atoms with van der Waals surface area (Å²) in [5.74, 6) is -0.0785. The number of amides is 2. The second-order valence-corrected chi connectivity index (χ2v) is 6.87. The van der Waals surface area contributed by atoms with Gasteiger partial charge in [-0.1, -0.05) is 17.7 Å². The minimum Gasteiger partial charge on any atom is -0.496 e. The molecule has 0 aliphatic carbocycles. The average molecular weight is 424 g/mol. The molecule has 0 spiro atoms. The van der Waals surface area contributed by atoms with Crippen LogP contribution in [0.25, 0.3) is 0 Å². The first-order chi connectivity index (χ1) is 13.0. The summed E-state index contributed by atoms with van der Waals surface area (Å²) in [5, 5.41) is 3.06. The van der Waals surface area contributed by atoms with Crippen LogP contribution >= 0.6 is 24.0 Å². The predicted octanol–water partition coefficient (Wildman–Crippen LogP) is 4.23. The number of nitrogen functional groups attached to an aromatic ring is 1. The number of carbonyl (C=O) groups excluding carboxylic acids is 2. The Morgan fingerprint density at radius 2 is 1.86 bits per heavy atom. The summed E-state index contributed by atoms with van der Waals surface area (Å²) in [6.07, 6.45) is 3.21. The molecule has 1 saturated heterocycles. The van der Waals surface area contributed by atoms with E-state index in [0.29, 0.717) is 22.7 Å². The number of likely N-dealkylation sites (tertiary alicyclic amines) is 1. The van der Waals surface area contributed by atoms with Gasteiger partial charge in [-0.3, -0.25) is 9.59 Å². The predicted molar refractivity (Wildman–Crippen MR) is 114 cm³/mol. The lowest BCUT2D eigenvalue weighted by molar-refractivity contribution is 0.0724. The van der Waals surface area contributed by atoms with Gasteiger partial charge in [0.15, 0.2) is 0 Å². The Bertz CT molecular complexity index is 868. The van der Waals surface area contributed by atoms with Crippen molar-refractivity contribution < 1.29 is 14.3 Å². The van der Waals surface area contributed by atoms with E-state index in [-0.39, 0.29) is 28.9 Å². The molecule has 0 saturated carbocycles. The Hall–Kier alpha value is -2.44. The molecule has 2 aromatic rings. The highest BCUT2D eigenvalue weighted by atomic mass is 35.5. The van der Waals surface area contributed by atoms with Gasteiger partial charge >= 0.3 is 0 Å². The van der Waals surface area contributed by atoms with Gasteiger partial charge in [-0.25, -0.2) is 0 Å². The maximum Gasteiger partial charge on any atom is 0.259 e. The van der Waals surface area contributed by atoms with E-state index in [4.69, 9.17) is 22.1 Å². The lowest BCUT2D eigenvalue weighted by atomic mass is 10.1. The van der Waals surface area contributed by atoms with E-state index in [9.17, 15) is 9.59 Å². The topological polar surface area (TPSA) is 84.7 Å². The number of hydrogen-bond donors (Lipinski definition) is 2. The standard InChI is InChI=1S/C20H22ClN3O3.ClH/c1-27-18-12-17(22)16(21)11-15(18)19(25)23-14-7-5-6-13(10-14)20(26)24-8-3-2-4-9-24;/h5-7,10-12H,2-4,8-9,22H2,1H3,(H,23,25);1H. The van der Waals surface area contributed by atoms with Gasteiger partial charge in [-0.15, -0.1) is 12.4 Å². The Kier molecular flexibility index (Phi) is 7.54. The van der Waals surface area contributed by atoms with Crippen molar-refractivity contribution in [3.8, 4) is 5.75 Å². The Morgan fingerprint density at radius 3 is 2.54 bits per heavy atom. The zero-order chi connectivity index (χ0) is 19.4. The zero-order valence-corrected chi connectivity index (χ0v) is 17.1. The van der Waals surface area contributed by atoms with Crippen LogP contribution in [0.1, 0.15) is 40.0 Å². The van der Waals surface area contributed by atoms with Gasteiger partial charge in [0.05, 0.1) is 23.4 Å². The maximum absolute atomic E-state index is 12.7. The number of carbonyl (C=O) groups is 2. The highest BCUT2D eigenvalue weighted by molar-refractivity contribution is 6.33. The summed E-state index contributed by atoms with van der Waals surface area (Å²) >= 11 is 6.03. The summed E-state index contributed by atoms with van der Waals surface area (Å²) < 4.78 is 5.22. The summed E-state index contributed by atoms with van der Waals surface area (Å²) in [7, 11) is 1.46. The van der Waals surface area contributed by atoms with Crippen LogP contribution in [0.5, 0.6) is 5.75 Å². The Labute approximate surface area is 175 Å². The number of halogens is 2. The first-order valence-corrected chi connectivity index (χ1v) is 9.21. The Balaban J connectivity index is 0.00000280. The molecule has 1 aliphatic rings. The third kappa shape index (κ3) is 4.88. The number of nitrogens with zero attached hydrogens (tertiary/aromatic N) is 1. The second-order valence-electron chi connectivity index (χ2n) is 6.46. The van der Waals surface area contributed by atoms with Crippen molar-refractivity contribution in [2.45, 2.75) is 19.3 Å². The van der Waals surface area contributed by atoms with Crippen molar-refractivity contribution >= 4 is 47.2 Å². The number of benzene rings is 2. The van der Waals surface area contributed by atoms with Crippen LogP contribution in [0.4, 0.5) is 11.4 Å². The molecule has 8 heteroatoms. The fraction of sp³-hybridized carbons (Fsp3) is 0.300. The van der Waals surface area contributed by atoms with Crippen molar-refractivity contribution in [1.29, 1.82) is 0 Å². The molecule has 0 atom stereocenters. The molecule has 1 aliphatic heterocycles. The number of nitrogens with one attached hydrogen (secondary N) is 1. The maximum atomic E-state index is 12.7. The number of methoxy groups -OCH3 is 1. The minimum absolute atomic E-state index is 0. The zero-order valence-electron chi connectivity index (χ0n) is 15.5. The van der Waals surface area contributed by atoms with E-state index >= 15 is 0 Å². The first-order valence-electron chi connectivity index (χ1n) is 8.83. The van der Waals surface area contributed by atoms with E-state index in [2.05, 4.69) is 5.32 Å². The number of anilines is 2. The fourth-order valence-corrected chi connectivity index (χ4v) is 3.29. The van der Waals surface area contributed by atoms with Crippen LogP contribution < -0.4 is 15.8 Å². The molecule has 1 fully saturated rings. The molecule has 0 bridgehead atoms. The van der Waals surface area contributed by atoms with Crippen LogP contribution in [0.3, 0.4) is 0 Å². The normalized spacial score (nSPS) is 13.4. The molecule has 28 heavy (non-hydrogen) atoms. The second kappa shape index (κ2) is 9.66. The monoisotopic (exact) mass is 423 g/mol. The van der Waals surface area contributed by atoms with Crippen molar-refractivity contribution in [2.24, 2.45) is 0 Å². The molecule has 2 amide bonds. The highest BCUT2D eigenvalue weighted by Gasteiger charge is 2.19. The smallest absolute Gasteiger partial charge is 0.259 e. The largest absolute Gasteiger partial charge is 0.496 e. The Morgan fingerprint density at radius 1 is 1.14 bits per heavy atom. The third-order valence-corrected chi connectivity index (χ3v) is 4.90. The van der Waals surface area contributed by atoms with Gasteiger partial charge < -0.3 is 20.7 Å². The van der Waals surface area contributed by atoms with Crippen LogP contribution in [-0.2, 0) is 0 Å². The molecule has 0 aromatic heterocycles. The first kappa shape index (κ1) is 21.9. The fourth-order valence-electron chi connectivity index (χ4n) is 3.12. The van der Waals surface area contributed by atoms with Gasteiger partial charge in [0.2, 0.25) is 0 Å². The minimum atomic E-state index is -0.392. The van der Waals surface area contributed by atoms with E-state index in [1.165, 1.54) is 19.2 Å². The van der Waals surface area contributed by atoms with E-state index in [1.807, 2.05) is 4.90 Å². The molecule has 150 valence electrons. The van der Waals surface area contributed by atoms with Crippen molar-refractivity contribution in [3.63, 3.8) is 0 Å². The molecule has 2 aromatic carbocycles. The number of ether oxygens (including phenoxy) is 1. The van der Waals surface area contributed by atoms with Crippen molar-refractivity contribution in [2.75, 3.05) is 31.2 Å². The summed E-state index contributed by atoms with van der Waals surface area (Å²) in [4.78, 5) is 27.2. The van der Waals surface area contributed by atoms with Crippen LogP contribution in [-0.4, -0.2) is 36.9 Å². The lowest BCUT2D eigenvalue weighted by Crippen LogP contribution is -2.35. The molecule has 3 rings (SSSR count). The molecule has 1 heterocycles. The van der Waals surface area contributed by atoms with Crippen LogP contribution in [0.15, 0.2) is 36.4 Å².